The maximum atomic E-state index is 13.4. The molecule has 35 heavy (non-hydrogen) atoms. The highest BCUT2D eigenvalue weighted by Gasteiger charge is 2.18. The molecule has 0 bridgehead atoms. The highest BCUT2D eigenvalue weighted by molar-refractivity contribution is 7.99. The van der Waals surface area contributed by atoms with E-state index in [-0.39, 0.29) is 29.5 Å². The van der Waals surface area contributed by atoms with Crippen LogP contribution in [0.5, 0.6) is 11.5 Å². The molecule has 0 spiro atoms. The Kier molecular flexibility index (Phi) is 6.11. The number of rotatable bonds is 7. The molecule has 0 fully saturated rings. The molecule has 5 aromatic rings. The summed E-state index contributed by atoms with van der Waals surface area (Å²) in [5.41, 5.74) is 1.89. The fraction of sp³-hybridized carbons (Fsp3) is 0.120. The third kappa shape index (κ3) is 4.43. The lowest BCUT2D eigenvalue weighted by molar-refractivity contribution is -0.113. The molecule has 0 aliphatic rings. The van der Waals surface area contributed by atoms with E-state index in [9.17, 15) is 14.7 Å². The van der Waals surface area contributed by atoms with Gasteiger partial charge in [-0.15, -0.1) is 10.2 Å². The molecule has 2 N–H and O–H groups in total. The first-order valence-corrected chi connectivity index (χ1v) is 11.7. The normalized spacial score (nSPS) is 11.1. The van der Waals surface area contributed by atoms with Crippen molar-refractivity contribution in [3.63, 3.8) is 0 Å². The number of amides is 1. The number of aromatic hydroxyl groups is 1. The van der Waals surface area contributed by atoms with Crippen molar-refractivity contribution in [3.8, 4) is 11.5 Å². The molecule has 0 aliphatic heterocycles. The molecule has 1 amide bonds. The second-order valence-electron chi connectivity index (χ2n) is 7.72. The fourth-order valence-electron chi connectivity index (χ4n) is 3.85. The summed E-state index contributed by atoms with van der Waals surface area (Å²) >= 11 is 1.22. The molecule has 3 aromatic carbocycles. The van der Waals surface area contributed by atoms with E-state index in [4.69, 9.17) is 4.74 Å². The fourth-order valence-corrected chi connectivity index (χ4v) is 4.59. The largest absolute Gasteiger partial charge is 0.508 e. The second kappa shape index (κ2) is 9.51. The molecular formula is C25H21N5O4S. The van der Waals surface area contributed by atoms with Gasteiger partial charge in [0.1, 0.15) is 11.5 Å². The number of para-hydroxylation sites is 2. The van der Waals surface area contributed by atoms with Gasteiger partial charge in [-0.05, 0) is 42.5 Å². The molecule has 5 rings (SSSR count). The number of hydrogen-bond acceptors (Lipinski definition) is 7. The van der Waals surface area contributed by atoms with Crippen LogP contribution in [0.3, 0.4) is 0 Å². The number of aromatic nitrogens is 4. The molecule has 0 radical (unpaired) electrons. The van der Waals surface area contributed by atoms with Crippen molar-refractivity contribution in [1.82, 2.24) is 19.2 Å². The molecule has 0 saturated heterocycles. The molecule has 0 saturated carbocycles. The summed E-state index contributed by atoms with van der Waals surface area (Å²) in [4.78, 5) is 25.9. The molecular weight excluding hydrogens is 466 g/mol. The van der Waals surface area contributed by atoms with Crippen molar-refractivity contribution in [2.24, 2.45) is 0 Å². The van der Waals surface area contributed by atoms with Gasteiger partial charge in [-0.25, -0.2) is 0 Å². The minimum absolute atomic E-state index is 0.0850. The molecule has 176 valence electrons. The number of carbonyl (C=O) groups is 1. The number of methoxy groups -OCH3 is 1. The van der Waals surface area contributed by atoms with Crippen LogP contribution in [0.2, 0.25) is 0 Å². The average Bonchev–Trinajstić information content (AvgIpc) is 3.31. The lowest BCUT2D eigenvalue weighted by Crippen LogP contribution is -2.24. The Morgan fingerprint density at radius 2 is 1.77 bits per heavy atom. The van der Waals surface area contributed by atoms with E-state index < -0.39 is 0 Å². The van der Waals surface area contributed by atoms with Crippen LogP contribution in [-0.2, 0) is 11.3 Å². The Morgan fingerprint density at radius 1 is 1.03 bits per heavy atom. The van der Waals surface area contributed by atoms with Crippen LogP contribution in [0.4, 0.5) is 5.69 Å². The van der Waals surface area contributed by atoms with Crippen LogP contribution >= 0.6 is 11.8 Å². The van der Waals surface area contributed by atoms with Crippen molar-refractivity contribution in [3.05, 3.63) is 88.7 Å². The minimum Gasteiger partial charge on any atom is -0.508 e. The van der Waals surface area contributed by atoms with E-state index in [0.717, 1.165) is 5.56 Å². The Morgan fingerprint density at radius 3 is 2.57 bits per heavy atom. The van der Waals surface area contributed by atoms with Gasteiger partial charge >= 0.3 is 0 Å². The van der Waals surface area contributed by atoms with Crippen LogP contribution in [0.15, 0.2) is 82.7 Å². The van der Waals surface area contributed by atoms with Crippen molar-refractivity contribution < 1.29 is 14.6 Å². The van der Waals surface area contributed by atoms with Crippen molar-refractivity contribution >= 4 is 40.0 Å². The van der Waals surface area contributed by atoms with Gasteiger partial charge in [-0.3, -0.25) is 18.6 Å². The number of nitrogens with one attached hydrogen (secondary N) is 1. The molecule has 9 nitrogen and oxygen atoms in total. The summed E-state index contributed by atoms with van der Waals surface area (Å²) < 4.78 is 8.82. The van der Waals surface area contributed by atoms with Crippen LogP contribution in [0.1, 0.15) is 5.56 Å². The van der Waals surface area contributed by atoms with Crippen molar-refractivity contribution in [1.29, 1.82) is 0 Å². The number of hydrogen-bond donors (Lipinski definition) is 2. The van der Waals surface area contributed by atoms with Gasteiger partial charge < -0.3 is 15.2 Å². The Hall–Kier alpha value is -4.31. The molecule has 0 unspecified atom stereocenters. The first kappa shape index (κ1) is 22.5. The molecule has 2 aromatic heterocycles. The zero-order valence-electron chi connectivity index (χ0n) is 18.7. The molecule has 0 aliphatic carbocycles. The van der Waals surface area contributed by atoms with E-state index in [1.54, 1.807) is 34.3 Å². The van der Waals surface area contributed by atoms with Crippen LogP contribution in [0, 0.1) is 0 Å². The number of anilines is 1. The maximum absolute atomic E-state index is 13.4. The average molecular weight is 488 g/mol. The molecule has 10 heteroatoms. The summed E-state index contributed by atoms with van der Waals surface area (Å²) in [5.74, 6) is 1.02. The SMILES string of the molecule is COc1ccccc1Cn1c(=O)c2ccccc2n2c(SCC(=O)Nc3ccc(O)cc3)nnc12. The minimum atomic E-state index is -0.232. The monoisotopic (exact) mass is 487 g/mol. The maximum Gasteiger partial charge on any atom is 0.263 e. The van der Waals surface area contributed by atoms with Gasteiger partial charge in [-0.2, -0.15) is 0 Å². The number of nitrogens with zero attached hydrogens (tertiary/aromatic N) is 4. The lowest BCUT2D eigenvalue weighted by Gasteiger charge is -2.13. The Balaban J connectivity index is 1.51. The van der Waals surface area contributed by atoms with Gasteiger partial charge in [0.05, 0.1) is 30.3 Å². The van der Waals surface area contributed by atoms with E-state index in [1.807, 2.05) is 42.5 Å². The van der Waals surface area contributed by atoms with Gasteiger partial charge in [-0.1, -0.05) is 42.1 Å². The summed E-state index contributed by atoms with van der Waals surface area (Å²) in [7, 11) is 1.59. The summed E-state index contributed by atoms with van der Waals surface area (Å²) in [6.45, 7) is 0.251. The zero-order chi connectivity index (χ0) is 24.4. The third-order valence-electron chi connectivity index (χ3n) is 5.48. The summed E-state index contributed by atoms with van der Waals surface area (Å²) in [6.07, 6.45) is 0. The highest BCUT2D eigenvalue weighted by atomic mass is 32.2. The molecule has 0 atom stereocenters. The summed E-state index contributed by atoms with van der Waals surface area (Å²) in [6, 6.07) is 21.0. The van der Waals surface area contributed by atoms with Crippen molar-refractivity contribution in [2.75, 3.05) is 18.2 Å². The van der Waals surface area contributed by atoms with E-state index in [2.05, 4.69) is 15.5 Å². The predicted molar refractivity (Wildman–Crippen MR) is 134 cm³/mol. The van der Waals surface area contributed by atoms with E-state index in [1.165, 1.54) is 23.9 Å². The highest BCUT2D eigenvalue weighted by Crippen LogP contribution is 2.24. The Bertz CT molecular complexity index is 1590. The van der Waals surface area contributed by atoms with Crippen LogP contribution < -0.4 is 15.6 Å². The number of phenolic OH excluding ortho intramolecular Hbond substituents is 1. The van der Waals surface area contributed by atoms with Gasteiger partial charge in [0.15, 0.2) is 5.16 Å². The number of fused-ring (bicyclic) bond motifs is 3. The smallest absolute Gasteiger partial charge is 0.263 e. The van der Waals surface area contributed by atoms with Crippen molar-refractivity contribution in [2.45, 2.75) is 11.7 Å². The molecule has 2 heterocycles. The van der Waals surface area contributed by atoms with Gasteiger partial charge in [0.25, 0.3) is 5.56 Å². The number of carbonyl (C=O) groups excluding carboxylic acids is 1. The van der Waals surface area contributed by atoms with Gasteiger partial charge in [0.2, 0.25) is 11.7 Å². The number of phenols is 1. The Labute approximate surface area is 204 Å². The zero-order valence-corrected chi connectivity index (χ0v) is 19.5. The number of ether oxygens (including phenoxy) is 1. The number of thioether (sulfide) groups is 1. The van der Waals surface area contributed by atoms with Crippen LogP contribution in [-0.4, -0.2) is 43.0 Å². The summed E-state index contributed by atoms with van der Waals surface area (Å²) in [5, 5.41) is 21.8. The predicted octanol–water partition coefficient (Wildman–Crippen LogP) is 3.54. The van der Waals surface area contributed by atoms with E-state index in [0.29, 0.717) is 33.3 Å². The number of benzene rings is 3. The second-order valence-corrected chi connectivity index (χ2v) is 8.66. The third-order valence-corrected chi connectivity index (χ3v) is 6.41. The standard InChI is InChI=1S/C25H21N5O4S/c1-34-21-9-5-2-6-16(21)14-29-23(33)19-7-3-4-8-20(19)30-24(29)27-28-25(30)35-15-22(32)26-17-10-12-18(31)13-11-17/h2-13,31H,14-15H2,1H3,(H,26,32). The topological polar surface area (TPSA) is 111 Å². The van der Waals surface area contributed by atoms with E-state index >= 15 is 0 Å². The first-order chi connectivity index (χ1) is 17.0. The van der Waals surface area contributed by atoms with Gasteiger partial charge in [0, 0.05) is 11.3 Å². The first-order valence-electron chi connectivity index (χ1n) is 10.8. The lowest BCUT2D eigenvalue weighted by atomic mass is 10.2. The quantitative estimate of drug-likeness (QED) is 0.267. The van der Waals surface area contributed by atoms with Crippen LogP contribution in [0.25, 0.3) is 16.7 Å².